The van der Waals surface area contributed by atoms with Crippen LogP contribution in [-0.2, 0) is 23.1 Å². The summed E-state index contributed by atoms with van der Waals surface area (Å²) in [6, 6.07) is 8.16. The third-order valence-corrected chi connectivity index (χ3v) is 9.05. The summed E-state index contributed by atoms with van der Waals surface area (Å²) in [5.41, 5.74) is 2.89. The van der Waals surface area contributed by atoms with Gasteiger partial charge in [-0.15, -0.1) is 0 Å². The predicted molar refractivity (Wildman–Crippen MR) is 156 cm³/mol. The topological polar surface area (TPSA) is 107 Å². The number of hydrogen-bond acceptors (Lipinski definition) is 9. The van der Waals surface area contributed by atoms with Crippen molar-refractivity contribution in [3.63, 3.8) is 0 Å². The summed E-state index contributed by atoms with van der Waals surface area (Å²) < 4.78 is 16.0. The lowest BCUT2D eigenvalue weighted by molar-refractivity contribution is -0.0139. The largest absolute Gasteiger partial charge is 0.390 e. The van der Waals surface area contributed by atoms with E-state index in [9.17, 15) is 5.11 Å². The maximum absolute atomic E-state index is 10.5. The fraction of sp³-hybridized carbons (Fsp3) is 0.600. The molecule has 3 aliphatic heterocycles. The number of rotatable bonds is 6. The zero-order chi connectivity index (χ0) is 28.1. The molecule has 6 heterocycles. The second-order valence-corrected chi connectivity index (χ2v) is 12.2. The standard InChI is InChI=1S/C30H40N8O3/c1-30(2,39)20-10-12-36(13-11-20)19-24-32-25-27(35(24)3)33-29(34-28(25)37-14-17-40-18-15-37)38-22-8-5-4-7-21(22)31-26(38)23-9-6-16-41-23/h4-5,7-8,20,23,39H,6,9-19H2,1-3H3/t23-/m1/s1. The Morgan fingerprint density at radius 2 is 1.73 bits per heavy atom. The van der Waals surface area contributed by atoms with Crippen LogP contribution in [0, 0.1) is 5.92 Å². The molecule has 0 amide bonds. The maximum atomic E-state index is 10.5. The number of morpholine rings is 1. The van der Waals surface area contributed by atoms with Gasteiger partial charge in [0.1, 0.15) is 17.8 Å². The number of fused-ring (bicyclic) bond motifs is 2. The van der Waals surface area contributed by atoms with Gasteiger partial charge in [-0.1, -0.05) is 12.1 Å². The van der Waals surface area contributed by atoms with E-state index in [0.29, 0.717) is 25.1 Å². The zero-order valence-corrected chi connectivity index (χ0v) is 24.3. The Morgan fingerprint density at radius 3 is 2.46 bits per heavy atom. The molecule has 3 fully saturated rings. The number of aryl methyl sites for hydroxylation is 1. The van der Waals surface area contributed by atoms with Crippen molar-refractivity contribution in [2.24, 2.45) is 13.0 Å². The molecule has 3 aliphatic rings. The highest BCUT2D eigenvalue weighted by molar-refractivity contribution is 5.86. The number of para-hydroxylation sites is 2. The number of hydrogen-bond donors (Lipinski definition) is 1. The maximum Gasteiger partial charge on any atom is 0.239 e. The van der Waals surface area contributed by atoms with Crippen LogP contribution in [0.2, 0.25) is 0 Å². The number of aromatic nitrogens is 6. The molecule has 0 saturated carbocycles. The molecular weight excluding hydrogens is 520 g/mol. The van der Waals surface area contributed by atoms with Crippen LogP contribution >= 0.6 is 0 Å². The Hall–Kier alpha value is -3.12. The van der Waals surface area contributed by atoms with Crippen molar-refractivity contribution in [1.29, 1.82) is 0 Å². The van der Waals surface area contributed by atoms with Crippen LogP contribution in [0.1, 0.15) is 57.3 Å². The third-order valence-electron chi connectivity index (χ3n) is 9.05. The van der Waals surface area contributed by atoms with Gasteiger partial charge >= 0.3 is 0 Å². The Balaban J connectivity index is 1.31. The highest BCUT2D eigenvalue weighted by Gasteiger charge is 2.32. The van der Waals surface area contributed by atoms with E-state index in [2.05, 4.69) is 32.0 Å². The first kappa shape index (κ1) is 26.8. The minimum atomic E-state index is -0.636. The molecule has 1 aromatic carbocycles. The van der Waals surface area contributed by atoms with E-state index >= 15 is 0 Å². The Kier molecular flexibility index (Phi) is 6.93. The number of likely N-dealkylation sites (tertiary alicyclic amines) is 1. The fourth-order valence-electron chi connectivity index (χ4n) is 6.57. The van der Waals surface area contributed by atoms with Gasteiger partial charge in [0.05, 0.1) is 36.4 Å². The van der Waals surface area contributed by atoms with Gasteiger partial charge in [-0.05, 0) is 70.7 Å². The zero-order valence-electron chi connectivity index (χ0n) is 24.3. The molecule has 0 aliphatic carbocycles. The number of nitrogens with zero attached hydrogens (tertiary/aromatic N) is 8. The molecule has 0 radical (unpaired) electrons. The number of imidazole rings is 2. The molecule has 0 unspecified atom stereocenters. The van der Waals surface area contributed by atoms with Crippen molar-refractivity contribution in [3.05, 3.63) is 35.9 Å². The molecular formula is C30H40N8O3. The van der Waals surface area contributed by atoms with Crippen LogP contribution in [0.4, 0.5) is 5.82 Å². The van der Waals surface area contributed by atoms with Crippen LogP contribution in [-0.4, -0.2) is 90.7 Å². The van der Waals surface area contributed by atoms with Gasteiger partial charge in [0, 0.05) is 26.7 Å². The van der Waals surface area contributed by atoms with Crippen LogP contribution in [0.5, 0.6) is 0 Å². The summed E-state index contributed by atoms with van der Waals surface area (Å²) in [5.74, 6) is 3.58. The number of benzene rings is 1. The summed E-state index contributed by atoms with van der Waals surface area (Å²) in [6.45, 7) is 10.0. The molecule has 41 heavy (non-hydrogen) atoms. The molecule has 3 saturated heterocycles. The first-order valence-electron chi connectivity index (χ1n) is 15.0. The second-order valence-electron chi connectivity index (χ2n) is 12.2. The summed E-state index contributed by atoms with van der Waals surface area (Å²) >= 11 is 0. The smallest absolute Gasteiger partial charge is 0.239 e. The molecule has 3 aromatic heterocycles. The average Bonchev–Trinajstić information content (AvgIpc) is 3.71. The number of piperidine rings is 1. The van der Waals surface area contributed by atoms with Crippen LogP contribution in [0.3, 0.4) is 0 Å². The third kappa shape index (κ3) is 4.98. The van der Waals surface area contributed by atoms with E-state index in [1.165, 1.54) is 0 Å². The fourth-order valence-corrected chi connectivity index (χ4v) is 6.57. The van der Waals surface area contributed by atoms with Gasteiger partial charge in [0.25, 0.3) is 0 Å². The van der Waals surface area contributed by atoms with Crippen molar-refractivity contribution < 1.29 is 14.6 Å². The molecule has 11 nitrogen and oxygen atoms in total. The summed E-state index contributed by atoms with van der Waals surface area (Å²) in [6.07, 6.45) is 3.83. The highest BCUT2D eigenvalue weighted by atomic mass is 16.5. The minimum Gasteiger partial charge on any atom is -0.390 e. The van der Waals surface area contributed by atoms with E-state index in [1.807, 2.05) is 32.0 Å². The van der Waals surface area contributed by atoms with Gasteiger partial charge in [0.2, 0.25) is 5.95 Å². The highest BCUT2D eigenvalue weighted by Crippen LogP contribution is 2.34. The molecule has 1 N–H and O–H groups in total. The van der Waals surface area contributed by atoms with Gasteiger partial charge in [0.15, 0.2) is 17.0 Å². The molecule has 4 aromatic rings. The first-order chi connectivity index (χ1) is 19.9. The van der Waals surface area contributed by atoms with E-state index in [0.717, 1.165) is 105 Å². The van der Waals surface area contributed by atoms with Crippen LogP contribution in [0.25, 0.3) is 28.1 Å². The number of ether oxygens (including phenoxy) is 2. The summed E-state index contributed by atoms with van der Waals surface area (Å²) in [5, 5.41) is 10.5. The predicted octanol–water partition coefficient (Wildman–Crippen LogP) is 3.37. The van der Waals surface area contributed by atoms with E-state index in [-0.39, 0.29) is 6.10 Å². The van der Waals surface area contributed by atoms with Gasteiger partial charge in [-0.2, -0.15) is 9.97 Å². The van der Waals surface area contributed by atoms with Crippen molar-refractivity contribution in [3.8, 4) is 5.95 Å². The quantitative estimate of drug-likeness (QED) is 0.380. The van der Waals surface area contributed by atoms with Gasteiger partial charge in [-0.25, -0.2) is 9.97 Å². The number of aliphatic hydroxyl groups is 1. The average molecular weight is 561 g/mol. The van der Waals surface area contributed by atoms with Crippen LogP contribution in [0.15, 0.2) is 24.3 Å². The Labute approximate surface area is 240 Å². The minimum absolute atomic E-state index is 0.0811. The Morgan fingerprint density at radius 1 is 0.951 bits per heavy atom. The van der Waals surface area contributed by atoms with Crippen molar-refractivity contribution in [2.45, 2.75) is 57.8 Å². The van der Waals surface area contributed by atoms with Crippen molar-refractivity contribution in [1.82, 2.24) is 34.0 Å². The monoisotopic (exact) mass is 560 g/mol. The lowest BCUT2D eigenvalue weighted by Crippen LogP contribution is -2.41. The van der Waals surface area contributed by atoms with E-state index in [1.54, 1.807) is 0 Å². The summed E-state index contributed by atoms with van der Waals surface area (Å²) in [4.78, 5) is 25.2. The Bertz CT molecular complexity index is 1540. The van der Waals surface area contributed by atoms with Crippen molar-refractivity contribution >= 4 is 28.0 Å². The first-order valence-corrected chi connectivity index (χ1v) is 15.0. The van der Waals surface area contributed by atoms with E-state index < -0.39 is 5.60 Å². The molecule has 7 rings (SSSR count). The number of anilines is 1. The normalized spacial score (nSPS) is 21.5. The van der Waals surface area contributed by atoms with Gasteiger partial charge in [-0.3, -0.25) is 9.47 Å². The van der Waals surface area contributed by atoms with Crippen molar-refractivity contribution in [2.75, 3.05) is 50.9 Å². The molecule has 11 heteroatoms. The lowest BCUT2D eigenvalue weighted by atomic mass is 9.83. The molecule has 0 spiro atoms. The van der Waals surface area contributed by atoms with Crippen LogP contribution < -0.4 is 4.90 Å². The SMILES string of the molecule is Cn1c(CN2CCC(C(C)(C)O)CC2)nc2c(N3CCOCC3)nc(-n3c([C@H]4CCCO4)nc4ccccc43)nc21. The molecule has 218 valence electrons. The second kappa shape index (κ2) is 10.6. The van der Waals surface area contributed by atoms with E-state index in [4.69, 9.17) is 29.4 Å². The summed E-state index contributed by atoms with van der Waals surface area (Å²) in [7, 11) is 2.06. The molecule has 0 bridgehead atoms. The molecule has 1 atom stereocenters. The lowest BCUT2D eigenvalue weighted by Gasteiger charge is -2.37. The van der Waals surface area contributed by atoms with Gasteiger partial charge < -0.3 is 24.0 Å².